The molecule has 0 fully saturated rings. The van der Waals surface area contributed by atoms with Crippen LogP contribution in [0.5, 0.6) is 5.75 Å². The Bertz CT molecular complexity index is 1250. The molecule has 0 spiro atoms. The number of nitrogens with one attached hydrogen (secondary N) is 1. The lowest BCUT2D eigenvalue weighted by atomic mass is 10.2. The van der Waals surface area contributed by atoms with Gasteiger partial charge in [0.2, 0.25) is 0 Å². The van der Waals surface area contributed by atoms with Gasteiger partial charge in [0.15, 0.2) is 5.76 Å². The highest BCUT2D eigenvalue weighted by Gasteiger charge is 2.14. The van der Waals surface area contributed by atoms with Gasteiger partial charge in [0.25, 0.3) is 17.2 Å². The SMILES string of the molecule is Cc1ccc(NC(=O)c2ccco2)c(OCc2cc(=O)n3c(ncn3C(C)C)n2)c1. The minimum absolute atomic E-state index is 0.0490. The topological polar surface area (TPSA) is 104 Å². The Morgan fingerprint density at radius 1 is 1.27 bits per heavy atom. The van der Waals surface area contributed by atoms with Crippen molar-refractivity contribution in [2.45, 2.75) is 33.4 Å². The highest BCUT2D eigenvalue weighted by Crippen LogP contribution is 2.27. The Balaban J connectivity index is 1.57. The number of benzene rings is 1. The molecule has 4 rings (SSSR count). The van der Waals surface area contributed by atoms with Crippen LogP contribution in [0.2, 0.25) is 0 Å². The third-order valence-corrected chi connectivity index (χ3v) is 4.49. The third kappa shape index (κ3) is 3.82. The van der Waals surface area contributed by atoms with Crippen LogP contribution in [0.15, 0.2) is 58.2 Å². The summed E-state index contributed by atoms with van der Waals surface area (Å²) in [6.45, 7) is 5.88. The number of carbonyl (C=O) groups is 1. The second kappa shape index (κ2) is 7.86. The summed E-state index contributed by atoms with van der Waals surface area (Å²) >= 11 is 0. The summed E-state index contributed by atoms with van der Waals surface area (Å²) in [7, 11) is 0. The van der Waals surface area contributed by atoms with E-state index < -0.39 is 0 Å². The molecule has 0 saturated carbocycles. The number of fused-ring (bicyclic) bond motifs is 1. The molecule has 9 nitrogen and oxygen atoms in total. The summed E-state index contributed by atoms with van der Waals surface area (Å²) in [5, 5.41) is 2.77. The average Bonchev–Trinajstić information content (AvgIpc) is 3.38. The summed E-state index contributed by atoms with van der Waals surface area (Å²) in [4.78, 5) is 33.5. The standard InChI is InChI=1S/C21H21N5O4/c1-13(2)25-12-22-21-23-15(10-19(27)26(21)25)11-30-18-9-14(3)6-7-16(18)24-20(28)17-5-4-8-29-17/h4-10,12-13H,11H2,1-3H3,(H,24,28). The number of amides is 1. The van der Waals surface area contributed by atoms with E-state index in [1.807, 2.05) is 26.8 Å². The number of aromatic nitrogens is 4. The van der Waals surface area contributed by atoms with Crippen molar-refractivity contribution in [2.75, 3.05) is 5.32 Å². The summed E-state index contributed by atoms with van der Waals surface area (Å²) in [6, 6.07) is 10.1. The van der Waals surface area contributed by atoms with Crippen LogP contribution in [-0.4, -0.2) is 25.1 Å². The second-order valence-electron chi connectivity index (χ2n) is 7.14. The number of furan rings is 1. The number of hydrogen-bond acceptors (Lipinski definition) is 6. The van der Waals surface area contributed by atoms with Crippen molar-refractivity contribution >= 4 is 17.4 Å². The van der Waals surface area contributed by atoms with Crippen LogP contribution in [0.4, 0.5) is 5.69 Å². The Morgan fingerprint density at radius 3 is 2.83 bits per heavy atom. The molecule has 154 valence electrons. The molecule has 1 N–H and O–H groups in total. The van der Waals surface area contributed by atoms with Crippen molar-refractivity contribution in [3.05, 3.63) is 76.4 Å². The molecule has 1 amide bonds. The Morgan fingerprint density at radius 2 is 2.10 bits per heavy atom. The molecule has 0 bridgehead atoms. The summed E-state index contributed by atoms with van der Waals surface area (Å²) < 4.78 is 14.2. The number of ether oxygens (including phenoxy) is 1. The molecule has 9 heteroatoms. The van der Waals surface area contributed by atoms with Crippen LogP contribution in [0.1, 0.15) is 41.7 Å². The van der Waals surface area contributed by atoms with Gasteiger partial charge in [-0.05, 0) is 50.6 Å². The van der Waals surface area contributed by atoms with E-state index in [-0.39, 0.29) is 29.9 Å². The molecule has 0 radical (unpaired) electrons. The molecule has 0 atom stereocenters. The van der Waals surface area contributed by atoms with Gasteiger partial charge in [-0.25, -0.2) is 4.98 Å². The normalized spacial score (nSPS) is 11.2. The van der Waals surface area contributed by atoms with Gasteiger partial charge in [-0.1, -0.05) is 6.07 Å². The number of carbonyl (C=O) groups excluding carboxylic acids is 1. The first-order valence-corrected chi connectivity index (χ1v) is 9.46. The van der Waals surface area contributed by atoms with E-state index in [9.17, 15) is 9.59 Å². The van der Waals surface area contributed by atoms with Gasteiger partial charge in [-0.15, -0.1) is 0 Å². The van der Waals surface area contributed by atoms with Crippen molar-refractivity contribution in [2.24, 2.45) is 0 Å². The highest BCUT2D eigenvalue weighted by molar-refractivity contribution is 6.03. The summed E-state index contributed by atoms with van der Waals surface area (Å²) in [6.07, 6.45) is 3.02. The number of anilines is 1. The zero-order valence-corrected chi connectivity index (χ0v) is 16.8. The van der Waals surface area contributed by atoms with Gasteiger partial charge >= 0.3 is 0 Å². The van der Waals surface area contributed by atoms with Crippen LogP contribution in [0.3, 0.4) is 0 Å². The molecule has 3 heterocycles. The van der Waals surface area contributed by atoms with Crippen molar-refractivity contribution < 1.29 is 13.9 Å². The van der Waals surface area contributed by atoms with Crippen molar-refractivity contribution in [1.29, 1.82) is 0 Å². The van der Waals surface area contributed by atoms with Crippen molar-refractivity contribution in [3.63, 3.8) is 0 Å². The van der Waals surface area contributed by atoms with E-state index in [1.54, 1.807) is 35.3 Å². The van der Waals surface area contributed by atoms with E-state index in [0.29, 0.717) is 22.9 Å². The maximum atomic E-state index is 12.5. The van der Waals surface area contributed by atoms with Crippen LogP contribution in [0.25, 0.3) is 5.78 Å². The highest BCUT2D eigenvalue weighted by atomic mass is 16.5. The van der Waals surface area contributed by atoms with Crippen LogP contribution < -0.4 is 15.6 Å². The molecule has 4 aromatic rings. The van der Waals surface area contributed by atoms with Crippen LogP contribution in [0, 0.1) is 6.92 Å². The summed E-state index contributed by atoms with van der Waals surface area (Å²) in [5.74, 6) is 0.586. The molecule has 0 aliphatic rings. The van der Waals surface area contributed by atoms with Gasteiger partial charge in [0, 0.05) is 12.1 Å². The first-order valence-electron chi connectivity index (χ1n) is 9.46. The molecular formula is C21H21N5O4. The van der Waals surface area contributed by atoms with Crippen LogP contribution in [-0.2, 0) is 6.61 Å². The van der Waals surface area contributed by atoms with Crippen molar-refractivity contribution in [3.8, 4) is 5.75 Å². The minimum Gasteiger partial charge on any atom is -0.485 e. The predicted octanol–water partition coefficient (Wildman–Crippen LogP) is 3.20. The van der Waals surface area contributed by atoms with Crippen LogP contribution >= 0.6 is 0 Å². The molecule has 30 heavy (non-hydrogen) atoms. The van der Waals surface area contributed by atoms with Gasteiger partial charge < -0.3 is 14.5 Å². The third-order valence-electron chi connectivity index (χ3n) is 4.49. The zero-order chi connectivity index (χ0) is 21.3. The molecule has 1 aromatic carbocycles. The zero-order valence-electron chi connectivity index (χ0n) is 16.8. The first kappa shape index (κ1) is 19.4. The molecule has 0 unspecified atom stereocenters. The number of hydrogen-bond donors (Lipinski definition) is 1. The molecule has 0 saturated heterocycles. The fraction of sp³-hybridized carbons (Fsp3) is 0.238. The Labute approximate surface area is 171 Å². The van der Waals surface area contributed by atoms with Gasteiger partial charge in [0.05, 0.1) is 17.6 Å². The fourth-order valence-corrected chi connectivity index (χ4v) is 3.01. The molecule has 3 aromatic heterocycles. The second-order valence-corrected chi connectivity index (χ2v) is 7.14. The summed E-state index contributed by atoms with van der Waals surface area (Å²) in [5.41, 5.74) is 1.66. The maximum absolute atomic E-state index is 12.5. The lowest BCUT2D eigenvalue weighted by Crippen LogP contribution is -2.23. The minimum atomic E-state index is -0.384. The number of aryl methyl sites for hydroxylation is 1. The average molecular weight is 407 g/mol. The monoisotopic (exact) mass is 407 g/mol. The fourth-order valence-electron chi connectivity index (χ4n) is 3.01. The van der Waals surface area contributed by atoms with E-state index >= 15 is 0 Å². The predicted molar refractivity (Wildman–Crippen MR) is 110 cm³/mol. The molecule has 0 aliphatic carbocycles. The lowest BCUT2D eigenvalue weighted by molar-refractivity contribution is 0.0996. The molecule has 0 aliphatic heterocycles. The smallest absolute Gasteiger partial charge is 0.291 e. The van der Waals surface area contributed by atoms with Crippen molar-refractivity contribution in [1.82, 2.24) is 19.2 Å². The Kier molecular flexibility index (Phi) is 5.09. The van der Waals surface area contributed by atoms with E-state index in [1.165, 1.54) is 16.8 Å². The van der Waals surface area contributed by atoms with E-state index in [4.69, 9.17) is 9.15 Å². The first-order chi connectivity index (χ1) is 14.4. The van der Waals surface area contributed by atoms with Gasteiger partial charge in [0.1, 0.15) is 18.7 Å². The van der Waals surface area contributed by atoms with E-state index in [2.05, 4.69) is 15.3 Å². The Hall–Kier alpha value is -3.88. The van der Waals surface area contributed by atoms with E-state index in [0.717, 1.165) is 5.56 Å². The quantitative estimate of drug-likeness (QED) is 0.526. The van der Waals surface area contributed by atoms with Gasteiger partial charge in [-0.3, -0.25) is 14.3 Å². The number of nitrogens with zero attached hydrogens (tertiary/aromatic N) is 4. The van der Waals surface area contributed by atoms with Gasteiger partial charge in [-0.2, -0.15) is 9.50 Å². The largest absolute Gasteiger partial charge is 0.485 e. The number of rotatable bonds is 6. The molecular weight excluding hydrogens is 386 g/mol. The maximum Gasteiger partial charge on any atom is 0.291 e. The lowest BCUT2D eigenvalue weighted by Gasteiger charge is -2.13.